The molecular formula is C16H18N2O3S. The van der Waals surface area contributed by atoms with E-state index in [0.29, 0.717) is 17.9 Å². The molecule has 0 aliphatic rings. The maximum absolute atomic E-state index is 12.1. The summed E-state index contributed by atoms with van der Waals surface area (Å²) in [4.78, 5) is 2.37. The van der Waals surface area contributed by atoms with E-state index in [1.54, 1.807) is 36.4 Å². The van der Waals surface area contributed by atoms with Gasteiger partial charge in [0.1, 0.15) is 5.75 Å². The molecule has 0 bridgehead atoms. The molecular weight excluding hydrogens is 300 g/mol. The van der Waals surface area contributed by atoms with Crippen molar-refractivity contribution in [2.24, 2.45) is 5.10 Å². The Morgan fingerprint density at radius 2 is 1.82 bits per heavy atom. The highest BCUT2D eigenvalue weighted by atomic mass is 32.2. The fourth-order valence-electron chi connectivity index (χ4n) is 1.81. The zero-order chi connectivity index (χ0) is 16.0. The molecule has 1 N–H and O–H groups in total. The van der Waals surface area contributed by atoms with Gasteiger partial charge in [-0.15, -0.1) is 0 Å². The lowest BCUT2D eigenvalue weighted by Gasteiger charge is -2.06. The molecule has 2 rings (SSSR count). The Morgan fingerprint density at radius 1 is 1.14 bits per heavy atom. The van der Waals surface area contributed by atoms with Crippen molar-refractivity contribution in [1.82, 2.24) is 4.83 Å². The molecule has 0 atom stereocenters. The van der Waals surface area contributed by atoms with Gasteiger partial charge in [0.05, 0.1) is 17.7 Å². The second-order valence-corrected chi connectivity index (χ2v) is 6.30. The first-order valence-electron chi connectivity index (χ1n) is 6.86. The van der Waals surface area contributed by atoms with E-state index in [9.17, 15) is 8.42 Å². The van der Waals surface area contributed by atoms with Crippen LogP contribution in [0.5, 0.6) is 5.75 Å². The Labute approximate surface area is 130 Å². The van der Waals surface area contributed by atoms with Crippen LogP contribution in [0.25, 0.3) is 0 Å². The Hall–Kier alpha value is -2.34. The SMILES string of the molecule is CCOc1ccccc1/C=N\NS(=O)(=O)c1ccc(C)cc1. The second kappa shape index (κ2) is 7.09. The van der Waals surface area contributed by atoms with Gasteiger partial charge in [0, 0.05) is 5.56 Å². The van der Waals surface area contributed by atoms with Crippen molar-refractivity contribution in [1.29, 1.82) is 0 Å². The van der Waals surface area contributed by atoms with Crippen LogP contribution in [0.1, 0.15) is 18.1 Å². The Balaban J connectivity index is 2.13. The number of nitrogens with one attached hydrogen (secondary N) is 1. The van der Waals surface area contributed by atoms with Gasteiger partial charge in [0.2, 0.25) is 0 Å². The topological polar surface area (TPSA) is 67.8 Å². The molecule has 0 unspecified atom stereocenters. The molecule has 0 amide bonds. The van der Waals surface area contributed by atoms with Crippen LogP contribution in [0, 0.1) is 6.92 Å². The fourth-order valence-corrected chi connectivity index (χ4v) is 2.60. The van der Waals surface area contributed by atoms with Crippen molar-refractivity contribution in [3.05, 3.63) is 59.7 Å². The summed E-state index contributed by atoms with van der Waals surface area (Å²) in [6, 6.07) is 13.8. The van der Waals surface area contributed by atoms with Crippen molar-refractivity contribution < 1.29 is 13.2 Å². The molecule has 22 heavy (non-hydrogen) atoms. The number of sulfonamides is 1. The molecule has 0 fully saturated rings. The van der Waals surface area contributed by atoms with E-state index >= 15 is 0 Å². The summed E-state index contributed by atoms with van der Waals surface area (Å²) in [6.07, 6.45) is 1.43. The molecule has 0 spiro atoms. The highest BCUT2D eigenvalue weighted by molar-refractivity contribution is 7.89. The average Bonchev–Trinajstić information content (AvgIpc) is 2.49. The molecule has 0 aromatic heterocycles. The minimum atomic E-state index is -3.66. The Bertz CT molecular complexity index is 753. The largest absolute Gasteiger partial charge is 0.493 e. The molecule has 5 nitrogen and oxygen atoms in total. The van der Waals surface area contributed by atoms with E-state index in [2.05, 4.69) is 9.93 Å². The van der Waals surface area contributed by atoms with Crippen molar-refractivity contribution in [3.63, 3.8) is 0 Å². The zero-order valence-electron chi connectivity index (χ0n) is 12.5. The summed E-state index contributed by atoms with van der Waals surface area (Å²) >= 11 is 0. The van der Waals surface area contributed by atoms with E-state index in [0.717, 1.165) is 5.56 Å². The number of hydrogen-bond donors (Lipinski definition) is 1. The third kappa shape index (κ3) is 4.08. The number of para-hydroxylation sites is 1. The number of nitrogens with zero attached hydrogens (tertiary/aromatic N) is 1. The number of benzene rings is 2. The number of hydrazone groups is 1. The van der Waals surface area contributed by atoms with Crippen LogP contribution < -0.4 is 9.57 Å². The molecule has 116 valence electrons. The molecule has 2 aromatic rings. The summed E-state index contributed by atoms with van der Waals surface area (Å²) in [5.41, 5.74) is 1.70. The first kappa shape index (κ1) is 16.0. The van der Waals surface area contributed by atoms with Gasteiger partial charge in [0.15, 0.2) is 0 Å². The fraction of sp³-hybridized carbons (Fsp3) is 0.188. The predicted octanol–water partition coefficient (Wildman–Crippen LogP) is 2.71. The van der Waals surface area contributed by atoms with Crippen molar-refractivity contribution >= 4 is 16.2 Å². The lowest BCUT2D eigenvalue weighted by Crippen LogP contribution is -2.18. The summed E-state index contributed by atoms with van der Waals surface area (Å²) in [7, 11) is -3.66. The summed E-state index contributed by atoms with van der Waals surface area (Å²) in [5, 5.41) is 3.81. The summed E-state index contributed by atoms with van der Waals surface area (Å²) in [5.74, 6) is 0.656. The van der Waals surface area contributed by atoms with Crippen LogP contribution in [0.4, 0.5) is 0 Å². The van der Waals surface area contributed by atoms with Gasteiger partial charge in [-0.25, -0.2) is 4.83 Å². The first-order valence-corrected chi connectivity index (χ1v) is 8.34. The quantitative estimate of drug-likeness (QED) is 0.658. The molecule has 0 aliphatic carbocycles. The van der Waals surface area contributed by atoms with Crippen LogP contribution in [-0.4, -0.2) is 21.2 Å². The van der Waals surface area contributed by atoms with Crippen LogP contribution in [-0.2, 0) is 10.0 Å². The molecule has 0 saturated heterocycles. The van der Waals surface area contributed by atoms with Crippen LogP contribution in [0.3, 0.4) is 0 Å². The van der Waals surface area contributed by atoms with Gasteiger partial charge in [0.25, 0.3) is 10.0 Å². The van der Waals surface area contributed by atoms with Crippen LogP contribution >= 0.6 is 0 Å². The van der Waals surface area contributed by atoms with Crippen LogP contribution in [0.2, 0.25) is 0 Å². The second-order valence-electron chi connectivity index (χ2n) is 4.64. The molecule has 6 heteroatoms. The first-order chi connectivity index (χ1) is 10.5. The monoisotopic (exact) mass is 318 g/mol. The Morgan fingerprint density at radius 3 is 2.50 bits per heavy atom. The zero-order valence-corrected chi connectivity index (χ0v) is 13.3. The summed E-state index contributed by atoms with van der Waals surface area (Å²) in [6.45, 7) is 4.31. The van der Waals surface area contributed by atoms with Crippen molar-refractivity contribution in [2.75, 3.05) is 6.61 Å². The van der Waals surface area contributed by atoms with Gasteiger partial charge in [-0.05, 0) is 38.1 Å². The highest BCUT2D eigenvalue weighted by Gasteiger charge is 2.11. The predicted molar refractivity (Wildman–Crippen MR) is 86.7 cm³/mol. The van der Waals surface area contributed by atoms with Gasteiger partial charge in [-0.3, -0.25) is 0 Å². The number of aryl methyl sites for hydroxylation is 1. The molecule has 0 heterocycles. The van der Waals surface area contributed by atoms with Gasteiger partial charge in [-0.2, -0.15) is 13.5 Å². The smallest absolute Gasteiger partial charge is 0.276 e. The average molecular weight is 318 g/mol. The highest BCUT2D eigenvalue weighted by Crippen LogP contribution is 2.15. The van der Waals surface area contributed by atoms with Crippen molar-refractivity contribution in [2.45, 2.75) is 18.7 Å². The number of rotatable bonds is 6. The summed E-state index contributed by atoms with van der Waals surface area (Å²) < 4.78 is 29.6. The van der Waals surface area contributed by atoms with E-state index in [1.165, 1.54) is 6.21 Å². The van der Waals surface area contributed by atoms with Crippen LogP contribution in [0.15, 0.2) is 58.5 Å². The third-order valence-electron chi connectivity index (χ3n) is 2.93. The van der Waals surface area contributed by atoms with Gasteiger partial charge < -0.3 is 4.74 Å². The normalized spacial score (nSPS) is 11.5. The third-order valence-corrected chi connectivity index (χ3v) is 4.17. The van der Waals surface area contributed by atoms with Gasteiger partial charge >= 0.3 is 0 Å². The minimum Gasteiger partial charge on any atom is -0.493 e. The lowest BCUT2D eigenvalue weighted by atomic mass is 10.2. The standard InChI is InChI=1S/C16H18N2O3S/c1-3-21-16-7-5-4-6-14(16)12-17-18-22(19,20)15-10-8-13(2)9-11-15/h4-12,18H,3H2,1-2H3/b17-12-. The minimum absolute atomic E-state index is 0.174. The number of hydrogen-bond acceptors (Lipinski definition) is 4. The lowest BCUT2D eigenvalue weighted by molar-refractivity contribution is 0.340. The Kier molecular flexibility index (Phi) is 5.16. The molecule has 0 saturated carbocycles. The molecule has 0 radical (unpaired) electrons. The van der Waals surface area contributed by atoms with E-state index in [4.69, 9.17) is 4.74 Å². The maximum atomic E-state index is 12.1. The number of ether oxygens (including phenoxy) is 1. The maximum Gasteiger partial charge on any atom is 0.276 e. The molecule has 0 aliphatic heterocycles. The van der Waals surface area contributed by atoms with Crippen molar-refractivity contribution in [3.8, 4) is 5.75 Å². The van der Waals surface area contributed by atoms with E-state index in [-0.39, 0.29) is 4.90 Å². The van der Waals surface area contributed by atoms with Gasteiger partial charge in [-0.1, -0.05) is 29.8 Å². The van der Waals surface area contributed by atoms with E-state index in [1.807, 2.05) is 26.0 Å². The molecule has 2 aromatic carbocycles. The van der Waals surface area contributed by atoms with E-state index < -0.39 is 10.0 Å².